The summed E-state index contributed by atoms with van der Waals surface area (Å²) in [5.41, 5.74) is 0.294. The molecule has 1 aromatic carbocycles. The van der Waals surface area contributed by atoms with E-state index >= 15 is 0 Å². The molecule has 0 aliphatic heterocycles. The van der Waals surface area contributed by atoms with E-state index in [-0.39, 0.29) is 15.5 Å². The maximum atomic E-state index is 11.1. The number of hydrogen-bond acceptors (Lipinski definition) is 3. The van der Waals surface area contributed by atoms with Crippen LogP contribution in [0, 0.1) is 0 Å². The minimum atomic E-state index is -2.31. The van der Waals surface area contributed by atoms with Crippen LogP contribution >= 0.6 is 11.6 Å². The third kappa shape index (κ3) is 3.69. The van der Waals surface area contributed by atoms with Crippen molar-refractivity contribution in [2.24, 2.45) is 0 Å². The van der Waals surface area contributed by atoms with Crippen LogP contribution in [0.4, 0.5) is 5.69 Å². The molecular weight excluding hydrogens is 278 g/mol. The molecule has 0 radical (unpaired) electrons. The summed E-state index contributed by atoms with van der Waals surface area (Å²) in [7, 11) is 0. The summed E-state index contributed by atoms with van der Waals surface area (Å²) in [6, 6.07) is 2.49. The summed E-state index contributed by atoms with van der Waals surface area (Å²) in [6.07, 6.45) is 1.87. The molecule has 0 saturated carbocycles. The summed E-state index contributed by atoms with van der Waals surface area (Å²) >= 11 is 3.52. The van der Waals surface area contributed by atoms with Crippen LogP contribution in [-0.4, -0.2) is 26.4 Å². The molecule has 7 heteroatoms. The number of carboxylic acids is 1. The number of carbonyl (C=O) groups is 1. The lowest BCUT2D eigenvalue weighted by atomic mass is 10.1. The van der Waals surface area contributed by atoms with E-state index in [4.69, 9.17) is 21.3 Å². The van der Waals surface area contributed by atoms with Crippen LogP contribution in [0.25, 0.3) is 0 Å². The maximum absolute atomic E-state index is 11.1. The first-order chi connectivity index (χ1) is 8.47. The molecule has 1 atom stereocenters. The fraction of sp³-hybridized carbons (Fsp3) is 0.364. The fourth-order valence-electron chi connectivity index (χ4n) is 1.41. The Morgan fingerprint density at radius 1 is 1.50 bits per heavy atom. The molecule has 1 rings (SSSR count). The van der Waals surface area contributed by atoms with Gasteiger partial charge in [0.1, 0.15) is 0 Å². The van der Waals surface area contributed by atoms with Gasteiger partial charge in [0, 0.05) is 6.54 Å². The smallest absolute Gasteiger partial charge is 0.337 e. The Hall–Kier alpha value is -1.11. The van der Waals surface area contributed by atoms with Gasteiger partial charge in [-0.25, -0.2) is 9.00 Å². The molecule has 1 unspecified atom stereocenters. The molecule has 5 nitrogen and oxygen atoms in total. The molecule has 0 heterocycles. The summed E-state index contributed by atoms with van der Waals surface area (Å²) in [4.78, 5) is 11.0. The number of unbranched alkanes of at least 4 members (excludes halogenated alkanes) is 1. The van der Waals surface area contributed by atoms with Crippen LogP contribution in [-0.2, 0) is 11.1 Å². The number of aromatic carboxylic acids is 1. The van der Waals surface area contributed by atoms with Crippen molar-refractivity contribution in [1.29, 1.82) is 0 Å². The van der Waals surface area contributed by atoms with Crippen molar-refractivity contribution in [1.82, 2.24) is 0 Å². The highest BCUT2D eigenvalue weighted by Gasteiger charge is 2.16. The Balaban J connectivity index is 3.12. The second-order valence-corrected chi connectivity index (χ2v) is 5.01. The number of benzene rings is 1. The van der Waals surface area contributed by atoms with Crippen molar-refractivity contribution in [3.63, 3.8) is 0 Å². The van der Waals surface area contributed by atoms with Gasteiger partial charge in [0.15, 0.2) is 11.1 Å². The summed E-state index contributed by atoms with van der Waals surface area (Å²) in [5, 5.41) is 12.1. The molecule has 0 aromatic heterocycles. The quantitative estimate of drug-likeness (QED) is 0.554. The SMILES string of the molecule is CCCCNc1cc(Cl)c(S(=O)O)cc1C(=O)O. The van der Waals surface area contributed by atoms with Gasteiger partial charge in [-0.15, -0.1) is 0 Å². The predicted molar refractivity (Wildman–Crippen MR) is 70.8 cm³/mol. The van der Waals surface area contributed by atoms with Gasteiger partial charge >= 0.3 is 5.97 Å². The molecule has 0 amide bonds. The number of carboxylic acid groups (broad SMARTS) is 1. The molecule has 0 bridgehead atoms. The zero-order chi connectivity index (χ0) is 13.7. The van der Waals surface area contributed by atoms with E-state index in [0.717, 1.165) is 18.9 Å². The second-order valence-electron chi connectivity index (χ2n) is 3.66. The zero-order valence-corrected chi connectivity index (χ0v) is 11.3. The fourth-order valence-corrected chi connectivity index (χ4v) is 2.22. The molecule has 0 aliphatic carbocycles. The lowest BCUT2D eigenvalue weighted by Crippen LogP contribution is -2.09. The summed E-state index contributed by atoms with van der Waals surface area (Å²) in [5.74, 6) is -1.17. The van der Waals surface area contributed by atoms with Gasteiger partial charge in [0.2, 0.25) is 0 Å². The van der Waals surface area contributed by atoms with Crippen molar-refractivity contribution in [2.75, 3.05) is 11.9 Å². The van der Waals surface area contributed by atoms with Gasteiger partial charge in [-0.05, 0) is 18.6 Å². The van der Waals surface area contributed by atoms with Crippen LogP contribution < -0.4 is 5.32 Å². The van der Waals surface area contributed by atoms with E-state index in [1.54, 1.807) is 0 Å². The maximum Gasteiger partial charge on any atom is 0.337 e. The zero-order valence-electron chi connectivity index (χ0n) is 9.77. The first-order valence-corrected chi connectivity index (χ1v) is 6.87. The Morgan fingerprint density at radius 3 is 2.67 bits per heavy atom. The topological polar surface area (TPSA) is 86.6 Å². The molecule has 0 fully saturated rings. The lowest BCUT2D eigenvalue weighted by Gasteiger charge is -2.11. The lowest BCUT2D eigenvalue weighted by molar-refractivity contribution is 0.0697. The predicted octanol–water partition coefficient (Wildman–Crippen LogP) is 2.83. The van der Waals surface area contributed by atoms with Crippen molar-refractivity contribution < 1.29 is 18.7 Å². The van der Waals surface area contributed by atoms with Crippen LogP contribution in [0.3, 0.4) is 0 Å². The highest BCUT2D eigenvalue weighted by Crippen LogP contribution is 2.27. The summed E-state index contributed by atoms with van der Waals surface area (Å²) in [6.45, 7) is 2.64. The van der Waals surface area contributed by atoms with Gasteiger partial charge in [0.25, 0.3) is 0 Å². The Labute approximate surface area is 112 Å². The van der Waals surface area contributed by atoms with Crippen molar-refractivity contribution >= 4 is 34.3 Å². The van der Waals surface area contributed by atoms with Gasteiger partial charge in [-0.3, -0.25) is 0 Å². The first kappa shape index (κ1) is 14.9. The van der Waals surface area contributed by atoms with Gasteiger partial charge in [-0.2, -0.15) is 0 Å². The van der Waals surface area contributed by atoms with E-state index in [1.807, 2.05) is 6.92 Å². The number of nitrogens with one attached hydrogen (secondary N) is 1. The van der Waals surface area contributed by atoms with Crippen molar-refractivity contribution in [3.05, 3.63) is 22.7 Å². The standard InChI is InChI=1S/C11H14ClNO4S/c1-2-3-4-13-9-6-8(12)10(18(16)17)5-7(9)11(14)15/h5-6,13H,2-4H2,1H3,(H,14,15)(H,16,17). The normalized spacial score (nSPS) is 12.2. The van der Waals surface area contributed by atoms with Crippen LogP contribution in [0.2, 0.25) is 5.02 Å². The number of rotatable bonds is 6. The highest BCUT2D eigenvalue weighted by molar-refractivity contribution is 7.79. The monoisotopic (exact) mass is 291 g/mol. The molecule has 1 aromatic rings. The summed E-state index contributed by atoms with van der Waals surface area (Å²) < 4.78 is 20.0. The third-order valence-corrected chi connectivity index (χ3v) is 3.48. The first-order valence-electron chi connectivity index (χ1n) is 5.39. The number of hydrogen-bond donors (Lipinski definition) is 3. The number of halogens is 1. The van der Waals surface area contributed by atoms with Gasteiger partial charge in [0.05, 0.1) is 21.2 Å². The third-order valence-electron chi connectivity index (χ3n) is 2.34. The molecule has 18 heavy (non-hydrogen) atoms. The Morgan fingerprint density at radius 2 is 2.17 bits per heavy atom. The van der Waals surface area contributed by atoms with E-state index < -0.39 is 17.0 Å². The average Bonchev–Trinajstić information content (AvgIpc) is 2.28. The largest absolute Gasteiger partial charge is 0.478 e. The molecule has 0 saturated heterocycles. The second kappa shape index (κ2) is 6.72. The van der Waals surface area contributed by atoms with Crippen molar-refractivity contribution in [2.45, 2.75) is 24.7 Å². The average molecular weight is 292 g/mol. The van der Waals surface area contributed by atoms with Gasteiger partial charge in [-0.1, -0.05) is 24.9 Å². The minimum absolute atomic E-state index is 0.0621. The molecule has 100 valence electrons. The minimum Gasteiger partial charge on any atom is -0.478 e. The van der Waals surface area contributed by atoms with Crippen LogP contribution in [0.15, 0.2) is 17.0 Å². The Kier molecular flexibility index (Phi) is 5.58. The van der Waals surface area contributed by atoms with E-state index in [2.05, 4.69) is 5.32 Å². The number of anilines is 1. The molecule has 0 aliphatic rings. The van der Waals surface area contributed by atoms with Crippen LogP contribution in [0.1, 0.15) is 30.1 Å². The van der Waals surface area contributed by atoms with Gasteiger partial charge < -0.3 is 15.0 Å². The van der Waals surface area contributed by atoms with E-state index in [0.29, 0.717) is 12.2 Å². The highest BCUT2D eigenvalue weighted by atomic mass is 35.5. The Bertz CT molecular complexity index is 478. The molecule has 3 N–H and O–H groups in total. The van der Waals surface area contributed by atoms with E-state index in [9.17, 15) is 9.00 Å². The van der Waals surface area contributed by atoms with Crippen LogP contribution in [0.5, 0.6) is 0 Å². The molecule has 0 spiro atoms. The molecular formula is C11H14ClNO4S. The van der Waals surface area contributed by atoms with Crippen molar-refractivity contribution in [3.8, 4) is 0 Å². The van der Waals surface area contributed by atoms with E-state index in [1.165, 1.54) is 6.07 Å².